The molecule has 3 fully saturated rings. The Balaban J connectivity index is 1.40. The summed E-state index contributed by atoms with van der Waals surface area (Å²) in [5.74, 6) is 0.900. The summed E-state index contributed by atoms with van der Waals surface area (Å²) in [4.78, 5) is 0. The van der Waals surface area contributed by atoms with Crippen LogP contribution in [0.4, 0.5) is 0 Å². The maximum Gasteiger partial charge on any atom is 0.316 e. The average molecular weight is 379 g/mol. The minimum atomic E-state index is -2.09. The molecular weight excluding hydrogens is 348 g/mol. The Morgan fingerprint density at radius 2 is 1.50 bits per heavy atom. The Kier molecular flexibility index (Phi) is 5.78. The largest absolute Gasteiger partial charge is 0.420 e. The normalized spacial score (nSPS) is 48.5. The second kappa shape index (κ2) is 7.28. The molecule has 5 nitrogen and oxygen atoms in total. The second-order valence-corrected chi connectivity index (χ2v) is 17.4. The van der Waals surface area contributed by atoms with Crippen LogP contribution in [0, 0.1) is 5.92 Å². The van der Waals surface area contributed by atoms with Crippen molar-refractivity contribution in [2.24, 2.45) is 5.92 Å². The van der Waals surface area contributed by atoms with Crippen LogP contribution in [0.3, 0.4) is 0 Å². The van der Waals surface area contributed by atoms with E-state index in [1.165, 1.54) is 32.1 Å². The molecule has 0 bridgehead atoms. The summed E-state index contributed by atoms with van der Waals surface area (Å²) in [6, 6.07) is 1.08. The molecule has 0 aromatic carbocycles. The van der Waals surface area contributed by atoms with E-state index in [2.05, 4.69) is 26.2 Å². The Morgan fingerprint density at radius 3 is 2.09 bits per heavy atom. The first-order valence-corrected chi connectivity index (χ1v) is 17.6. The monoisotopic (exact) mass is 378 g/mol. The summed E-state index contributed by atoms with van der Waals surface area (Å²) < 4.78 is 30.1. The van der Waals surface area contributed by atoms with Crippen molar-refractivity contribution in [1.29, 1.82) is 0 Å². The molecule has 4 atom stereocenters. The number of hydrogen-bond acceptors (Lipinski definition) is 5. The highest BCUT2D eigenvalue weighted by Crippen LogP contribution is 2.44. The van der Waals surface area contributed by atoms with E-state index in [9.17, 15) is 0 Å². The summed E-state index contributed by atoms with van der Waals surface area (Å²) >= 11 is 0. The van der Waals surface area contributed by atoms with Gasteiger partial charge in [0.2, 0.25) is 0 Å². The molecule has 9 heteroatoms. The van der Waals surface area contributed by atoms with Crippen LogP contribution < -0.4 is 0 Å². The van der Waals surface area contributed by atoms with Gasteiger partial charge in [-0.25, -0.2) is 0 Å². The lowest BCUT2D eigenvalue weighted by Crippen LogP contribution is -2.52. The molecule has 128 valence electrons. The van der Waals surface area contributed by atoms with E-state index in [-0.39, 0.29) is 0 Å². The SMILES string of the molecule is C[SiH]1O[SiH](C)O[Si](C)(CCCCC2CC3OC3C2)O[SiH](C)O1. The van der Waals surface area contributed by atoms with Crippen molar-refractivity contribution in [3.05, 3.63) is 0 Å². The maximum absolute atomic E-state index is 6.32. The molecule has 2 heterocycles. The Labute approximate surface area is 140 Å². The zero-order chi connectivity index (χ0) is 15.7. The van der Waals surface area contributed by atoms with Gasteiger partial charge in [-0.15, -0.1) is 0 Å². The standard InChI is InChI=1S/C13H30O5Si4/c1-19-15-20(2)17-22(4,18-21(3)16-19)8-6-5-7-11-9-12-13(10-11)14-12/h11-13,19-21H,5-10H2,1-4H3. The number of ether oxygens (including phenoxy) is 1. The molecule has 1 saturated carbocycles. The number of unbranched alkanes of at least 4 members (excludes halogenated alkanes) is 1. The van der Waals surface area contributed by atoms with Crippen molar-refractivity contribution in [3.63, 3.8) is 0 Å². The molecular formula is C13H30O5Si4. The topological polar surface area (TPSA) is 49.5 Å². The summed E-state index contributed by atoms with van der Waals surface area (Å²) in [5, 5.41) is 0. The van der Waals surface area contributed by atoms with Gasteiger partial charge in [0.25, 0.3) is 27.9 Å². The molecule has 1 aliphatic carbocycles. The van der Waals surface area contributed by atoms with Crippen LogP contribution in [0.1, 0.15) is 32.1 Å². The van der Waals surface area contributed by atoms with Gasteiger partial charge < -0.3 is 21.2 Å². The molecule has 0 N–H and O–H groups in total. The molecule has 4 unspecified atom stereocenters. The summed E-state index contributed by atoms with van der Waals surface area (Å²) in [5.41, 5.74) is 0. The van der Waals surface area contributed by atoms with Gasteiger partial charge in [0.1, 0.15) is 0 Å². The molecule has 2 aliphatic heterocycles. The van der Waals surface area contributed by atoms with Gasteiger partial charge in [0.15, 0.2) is 0 Å². The molecule has 2 saturated heterocycles. The highest BCUT2D eigenvalue weighted by atomic mass is 28.5. The van der Waals surface area contributed by atoms with Crippen LogP contribution in [-0.2, 0) is 21.2 Å². The Morgan fingerprint density at radius 1 is 0.909 bits per heavy atom. The van der Waals surface area contributed by atoms with E-state index in [0.717, 1.165) is 12.0 Å². The van der Waals surface area contributed by atoms with Crippen molar-refractivity contribution in [2.45, 2.75) is 76.5 Å². The third-order valence-electron chi connectivity index (χ3n) is 4.91. The van der Waals surface area contributed by atoms with E-state index < -0.39 is 36.4 Å². The fourth-order valence-corrected chi connectivity index (χ4v) is 18.7. The molecule has 0 aromatic heterocycles. The van der Waals surface area contributed by atoms with Gasteiger partial charge in [-0.1, -0.05) is 19.3 Å². The van der Waals surface area contributed by atoms with Crippen molar-refractivity contribution in [2.75, 3.05) is 0 Å². The first-order chi connectivity index (χ1) is 10.4. The minimum Gasteiger partial charge on any atom is -0.420 e. The van der Waals surface area contributed by atoms with E-state index in [0.29, 0.717) is 12.2 Å². The van der Waals surface area contributed by atoms with Gasteiger partial charge in [0, 0.05) is 0 Å². The fraction of sp³-hybridized carbons (Fsp3) is 1.00. The number of rotatable bonds is 5. The van der Waals surface area contributed by atoms with Crippen molar-refractivity contribution >= 4 is 36.4 Å². The predicted molar refractivity (Wildman–Crippen MR) is 95.0 cm³/mol. The summed E-state index contributed by atoms with van der Waals surface area (Å²) in [6.45, 7) is 8.52. The van der Waals surface area contributed by atoms with Crippen molar-refractivity contribution < 1.29 is 21.2 Å². The van der Waals surface area contributed by atoms with Gasteiger partial charge in [-0.2, -0.15) is 0 Å². The lowest BCUT2D eigenvalue weighted by Gasteiger charge is -2.37. The second-order valence-electron chi connectivity index (χ2n) is 7.14. The minimum absolute atomic E-state index is 0.619. The van der Waals surface area contributed by atoms with E-state index in [4.69, 9.17) is 21.2 Å². The predicted octanol–water partition coefficient (Wildman–Crippen LogP) is 2.04. The van der Waals surface area contributed by atoms with Crippen molar-refractivity contribution in [1.82, 2.24) is 0 Å². The van der Waals surface area contributed by atoms with Crippen LogP contribution in [-0.4, -0.2) is 48.6 Å². The van der Waals surface area contributed by atoms with Crippen LogP contribution in [0.5, 0.6) is 0 Å². The molecule has 3 rings (SSSR count). The average Bonchev–Trinajstić information content (AvgIpc) is 2.99. The Hall–Kier alpha value is 0.668. The number of fused-ring (bicyclic) bond motifs is 1. The maximum atomic E-state index is 6.32. The van der Waals surface area contributed by atoms with Gasteiger partial charge in [-0.3, -0.25) is 0 Å². The fourth-order valence-electron chi connectivity index (χ4n) is 3.94. The van der Waals surface area contributed by atoms with Crippen LogP contribution in [0.25, 0.3) is 0 Å². The molecule has 0 amide bonds. The third-order valence-corrected chi connectivity index (χ3v) is 18.9. The smallest absolute Gasteiger partial charge is 0.316 e. The number of epoxide rings is 1. The lowest BCUT2D eigenvalue weighted by atomic mass is 10.0. The highest BCUT2D eigenvalue weighted by molar-refractivity contribution is 6.81. The molecule has 0 spiro atoms. The van der Waals surface area contributed by atoms with Gasteiger partial charge in [0.05, 0.1) is 12.2 Å². The van der Waals surface area contributed by atoms with E-state index in [1.54, 1.807) is 0 Å². The summed E-state index contributed by atoms with van der Waals surface area (Å²) in [7, 11) is -6.75. The third kappa shape index (κ3) is 4.83. The first-order valence-electron chi connectivity index (χ1n) is 8.75. The highest BCUT2D eigenvalue weighted by Gasteiger charge is 2.47. The molecule has 0 radical (unpaired) electrons. The quantitative estimate of drug-likeness (QED) is 0.416. The van der Waals surface area contributed by atoms with Crippen LogP contribution >= 0.6 is 0 Å². The molecule has 3 aliphatic rings. The molecule has 22 heavy (non-hydrogen) atoms. The van der Waals surface area contributed by atoms with Crippen LogP contribution in [0.2, 0.25) is 32.2 Å². The first kappa shape index (κ1) is 17.5. The van der Waals surface area contributed by atoms with E-state index in [1.807, 2.05) is 0 Å². The van der Waals surface area contributed by atoms with Gasteiger partial charge >= 0.3 is 8.56 Å². The van der Waals surface area contributed by atoms with Gasteiger partial charge in [-0.05, 0) is 51.0 Å². The lowest BCUT2D eigenvalue weighted by molar-refractivity contribution is 0.259. The zero-order valence-electron chi connectivity index (χ0n) is 14.2. The van der Waals surface area contributed by atoms with Crippen molar-refractivity contribution in [3.8, 4) is 0 Å². The molecule has 0 aromatic rings. The zero-order valence-corrected chi connectivity index (χ0v) is 18.7. The number of hydrogen-bond donors (Lipinski definition) is 0. The summed E-state index contributed by atoms with van der Waals surface area (Å²) in [6.07, 6.45) is 7.68. The van der Waals surface area contributed by atoms with Crippen LogP contribution in [0.15, 0.2) is 0 Å². The van der Waals surface area contributed by atoms with E-state index >= 15 is 0 Å². The Bertz CT molecular complexity index is 363.